The molecule has 0 saturated carbocycles. The highest BCUT2D eigenvalue weighted by molar-refractivity contribution is 9.10. The van der Waals surface area contributed by atoms with Crippen molar-refractivity contribution in [1.29, 1.82) is 0 Å². The van der Waals surface area contributed by atoms with Crippen LogP contribution in [-0.4, -0.2) is 13.4 Å². The van der Waals surface area contributed by atoms with Gasteiger partial charge in [0.25, 0.3) is 10.0 Å². The summed E-state index contributed by atoms with van der Waals surface area (Å²) >= 11 is 6.59. The van der Waals surface area contributed by atoms with Crippen molar-refractivity contribution in [3.63, 3.8) is 0 Å². The van der Waals surface area contributed by atoms with Gasteiger partial charge in [-0.3, -0.25) is 4.72 Å². The highest BCUT2D eigenvalue weighted by atomic mass is 79.9. The third-order valence-corrected chi connectivity index (χ3v) is 5.30. The Hall–Kier alpha value is -0.920. The first-order chi connectivity index (χ1) is 8.90. The van der Waals surface area contributed by atoms with Gasteiger partial charge in [0.15, 0.2) is 5.82 Å². The number of sulfonamides is 1. The largest absolute Gasteiger partial charge is 0.263 e. The highest BCUT2D eigenvalue weighted by Crippen LogP contribution is 2.24. The van der Waals surface area contributed by atoms with Gasteiger partial charge >= 0.3 is 0 Å². The van der Waals surface area contributed by atoms with Crippen LogP contribution < -0.4 is 4.72 Å². The van der Waals surface area contributed by atoms with Crippen LogP contribution in [0, 0.1) is 6.92 Å². The average molecular weight is 406 g/mol. The van der Waals surface area contributed by atoms with Gasteiger partial charge in [-0.25, -0.2) is 13.4 Å². The van der Waals surface area contributed by atoms with Crippen molar-refractivity contribution in [3.8, 4) is 0 Å². The number of hydrogen-bond donors (Lipinski definition) is 1. The molecule has 4 nitrogen and oxygen atoms in total. The second-order valence-electron chi connectivity index (χ2n) is 3.85. The topological polar surface area (TPSA) is 59.1 Å². The molecule has 1 heterocycles. The summed E-state index contributed by atoms with van der Waals surface area (Å²) in [5.41, 5.74) is 0.850. The first kappa shape index (κ1) is 14.5. The molecule has 0 aliphatic heterocycles. The van der Waals surface area contributed by atoms with Gasteiger partial charge in [-0.05, 0) is 58.7 Å². The molecule has 1 aromatic carbocycles. The fraction of sp³-hybridized carbons (Fsp3) is 0.0833. The Balaban J connectivity index is 2.38. The van der Waals surface area contributed by atoms with E-state index >= 15 is 0 Å². The number of pyridine rings is 1. The molecule has 2 rings (SSSR count). The Kier molecular flexibility index (Phi) is 4.27. The Morgan fingerprint density at radius 1 is 1.16 bits per heavy atom. The minimum Gasteiger partial charge on any atom is -0.262 e. The van der Waals surface area contributed by atoms with E-state index in [1.807, 2.05) is 6.92 Å². The number of anilines is 1. The van der Waals surface area contributed by atoms with Crippen LogP contribution in [0.2, 0.25) is 0 Å². The lowest BCUT2D eigenvalue weighted by atomic mass is 10.2. The fourth-order valence-electron chi connectivity index (χ4n) is 1.43. The van der Waals surface area contributed by atoms with Crippen molar-refractivity contribution < 1.29 is 8.42 Å². The lowest BCUT2D eigenvalue weighted by Gasteiger charge is -2.09. The van der Waals surface area contributed by atoms with E-state index in [4.69, 9.17) is 0 Å². The maximum atomic E-state index is 12.2. The van der Waals surface area contributed by atoms with E-state index in [2.05, 4.69) is 41.6 Å². The standard InChI is InChI=1S/C12H10Br2N2O2S/c1-8-7-9(4-5-10(8)13)19(17,18)16-12-11(14)3-2-6-15-12/h2-7H,1H3,(H,15,16). The van der Waals surface area contributed by atoms with Crippen molar-refractivity contribution in [3.05, 3.63) is 51.0 Å². The van der Waals surface area contributed by atoms with Crippen LogP contribution in [0.15, 0.2) is 50.4 Å². The molecule has 0 unspecified atom stereocenters. The lowest BCUT2D eigenvalue weighted by Crippen LogP contribution is -2.14. The number of hydrogen-bond acceptors (Lipinski definition) is 3. The molecule has 7 heteroatoms. The van der Waals surface area contributed by atoms with E-state index in [9.17, 15) is 8.42 Å². The van der Waals surface area contributed by atoms with Crippen molar-refractivity contribution in [1.82, 2.24) is 4.98 Å². The van der Waals surface area contributed by atoms with Crippen molar-refractivity contribution >= 4 is 47.7 Å². The first-order valence-electron chi connectivity index (χ1n) is 5.29. The number of aromatic nitrogens is 1. The van der Waals surface area contributed by atoms with Crippen molar-refractivity contribution in [2.45, 2.75) is 11.8 Å². The molecule has 1 aromatic heterocycles. The van der Waals surface area contributed by atoms with Crippen molar-refractivity contribution in [2.75, 3.05) is 4.72 Å². The summed E-state index contributed by atoms with van der Waals surface area (Å²) < 4.78 is 28.4. The van der Waals surface area contributed by atoms with Crippen LogP contribution in [0.25, 0.3) is 0 Å². The van der Waals surface area contributed by atoms with Gasteiger partial charge in [0.05, 0.1) is 9.37 Å². The molecule has 0 aliphatic carbocycles. The molecular formula is C12H10Br2N2O2S. The average Bonchev–Trinajstić information content (AvgIpc) is 2.35. The van der Waals surface area contributed by atoms with Crippen molar-refractivity contribution in [2.24, 2.45) is 0 Å². The smallest absolute Gasteiger partial charge is 0.262 e. The summed E-state index contributed by atoms with van der Waals surface area (Å²) in [7, 11) is -3.64. The van der Waals surface area contributed by atoms with Gasteiger partial charge in [-0.1, -0.05) is 15.9 Å². The Labute approximate surface area is 128 Å². The van der Waals surface area contributed by atoms with Gasteiger partial charge < -0.3 is 0 Å². The Morgan fingerprint density at radius 3 is 2.53 bits per heavy atom. The first-order valence-corrected chi connectivity index (χ1v) is 8.36. The zero-order chi connectivity index (χ0) is 14.0. The Morgan fingerprint density at radius 2 is 1.89 bits per heavy atom. The summed E-state index contributed by atoms with van der Waals surface area (Å²) in [6, 6.07) is 8.28. The van der Waals surface area contributed by atoms with Gasteiger partial charge in [0, 0.05) is 10.7 Å². The lowest BCUT2D eigenvalue weighted by molar-refractivity contribution is 0.601. The predicted octanol–water partition coefficient (Wildman–Crippen LogP) is 3.72. The van der Waals surface area contributed by atoms with Gasteiger partial charge in [-0.2, -0.15) is 0 Å². The number of nitrogens with zero attached hydrogens (tertiary/aromatic N) is 1. The van der Waals surface area contributed by atoms with E-state index in [0.29, 0.717) is 4.47 Å². The summed E-state index contributed by atoms with van der Waals surface area (Å²) in [5, 5.41) is 0. The number of nitrogens with one attached hydrogen (secondary N) is 1. The molecule has 0 amide bonds. The fourth-order valence-corrected chi connectivity index (χ4v) is 3.28. The summed E-state index contributed by atoms with van der Waals surface area (Å²) in [6.07, 6.45) is 1.52. The monoisotopic (exact) mass is 404 g/mol. The molecule has 2 aromatic rings. The number of halogens is 2. The third kappa shape index (κ3) is 3.34. The molecule has 0 saturated heterocycles. The van der Waals surface area contributed by atoms with E-state index in [1.54, 1.807) is 24.3 Å². The summed E-state index contributed by atoms with van der Waals surface area (Å²) in [6.45, 7) is 1.83. The zero-order valence-corrected chi connectivity index (χ0v) is 13.9. The zero-order valence-electron chi connectivity index (χ0n) is 9.89. The SMILES string of the molecule is Cc1cc(S(=O)(=O)Nc2ncccc2Br)ccc1Br. The van der Waals surface area contributed by atoms with Crippen LogP contribution >= 0.6 is 31.9 Å². The highest BCUT2D eigenvalue weighted by Gasteiger charge is 2.16. The van der Waals surface area contributed by atoms with Crippen LogP contribution in [0.5, 0.6) is 0 Å². The molecule has 0 aliphatic rings. The number of benzene rings is 1. The molecule has 1 N–H and O–H groups in total. The molecule has 0 spiro atoms. The quantitative estimate of drug-likeness (QED) is 0.846. The number of aryl methyl sites for hydroxylation is 1. The minimum absolute atomic E-state index is 0.200. The Bertz CT molecular complexity index is 717. The molecule has 0 atom stereocenters. The van der Waals surface area contributed by atoms with Gasteiger partial charge in [0.1, 0.15) is 0 Å². The maximum absolute atomic E-state index is 12.2. The normalized spacial score (nSPS) is 11.3. The molecule has 0 bridgehead atoms. The molecule has 0 fully saturated rings. The molecule has 100 valence electrons. The second-order valence-corrected chi connectivity index (χ2v) is 7.24. The van der Waals surface area contributed by atoms with Crippen LogP contribution in [0.4, 0.5) is 5.82 Å². The van der Waals surface area contributed by atoms with Gasteiger partial charge in [0.2, 0.25) is 0 Å². The van der Waals surface area contributed by atoms with E-state index in [-0.39, 0.29) is 10.7 Å². The van der Waals surface area contributed by atoms with Crippen LogP contribution in [0.1, 0.15) is 5.56 Å². The van der Waals surface area contributed by atoms with E-state index < -0.39 is 10.0 Å². The third-order valence-electron chi connectivity index (χ3n) is 2.43. The summed E-state index contributed by atoms with van der Waals surface area (Å²) in [5.74, 6) is 0.267. The van der Waals surface area contributed by atoms with Crippen LogP contribution in [0.3, 0.4) is 0 Å². The second kappa shape index (κ2) is 5.60. The summed E-state index contributed by atoms with van der Waals surface area (Å²) in [4.78, 5) is 4.18. The van der Waals surface area contributed by atoms with E-state index in [1.165, 1.54) is 12.3 Å². The van der Waals surface area contributed by atoms with Crippen LogP contribution in [-0.2, 0) is 10.0 Å². The predicted molar refractivity (Wildman–Crippen MR) is 81.6 cm³/mol. The van der Waals surface area contributed by atoms with Gasteiger partial charge in [-0.15, -0.1) is 0 Å². The van der Waals surface area contributed by atoms with E-state index in [0.717, 1.165) is 10.0 Å². The molecule has 0 radical (unpaired) electrons. The number of rotatable bonds is 3. The maximum Gasteiger partial charge on any atom is 0.263 e. The minimum atomic E-state index is -3.64. The molecular weight excluding hydrogens is 396 g/mol. The molecule has 19 heavy (non-hydrogen) atoms.